The van der Waals surface area contributed by atoms with E-state index in [4.69, 9.17) is 0 Å². The Morgan fingerprint density at radius 3 is 2.43 bits per heavy atom. The molecule has 3 saturated carbocycles. The molecule has 0 amide bonds. The Hall–Kier alpha value is -0.240. The smallest absolute Gasteiger partial charge is 0.169 e. The van der Waals surface area contributed by atoms with E-state index >= 15 is 0 Å². The van der Waals surface area contributed by atoms with Gasteiger partial charge in [-0.1, -0.05) is 60.0 Å². The summed E-state index contributed by atoms with van der Waals surface area (Å²) in [5.74, 6) is 6.26. The molecule has 0 N–H and O–H groups in total. The van der Waals surface area contributed by atoms with Gasteiger partial charge in [0.2, 0.25) is 0 Å². The van der Waals surface area contributed by atoms with E-state index in [0.29, 0.717) is 17.1 Å². The molecule has 0 spiro atoms. The van der Waals surface area contributed by atoms with E-state index in [1.54, 1.807) is 11.8 Å². The molecule has 0 saturated heterocycles. The molecular weight excluding hydrogens is 384 g/mol. The molecule has 0 heterocycles. The summed E-state index contributed by atoms with van der Waals surface area (Å²) in [6.07, 6.45) is 17.9. The van der Waals surface area contributed by atoms with Gasteiger partial charge in [-0.3, -0.25) is 4.79 Å². The third-order valence-corrected chi connectivity index (χ3v) is 11.3. The number of ketones is 1. The standard InChI is InChI=1S/C28H46OS/c1-18(2)8-7-9-19(3)22-12-13-23-21-11-10-20-16-26(30-6)25(29)17-28(20,5)24(21)14-15-27(22,23)4/h16,18-24H,7-15,17H2,1-6H3/t19-,20+,21+,22-,23+,24+,27-,28+/m1/s1. The highest BCUT2D eigenvalue weighted by Crippen LogP contribution is 2.68. The van der Waals surface area contributed by atoms with E-state index in [-0.39, 0.29) is 5.41 Å². The normalized spacial score (nSPS) is 44.3. The number of fused-ring (bicyclic) bond motifs is 5. The van der Waals surface area contributed by atoms with E-state index < -0.39 is 0 Å². The molecule has 0 radical (unpaired) electrons. The van der Waals surface area contributed by atoms with Crippen molar-refractivity contribution in [2.45, 2.75) is 98.8 Å². The lowest BCUT2D eigenvalue weighted by Gasteiger charge is -2.60. The Labute approximate surface area is 190 Å². The van der Waals surface area contributed by atoms with Crippen LogP contribution in [0, 0.1) is 52.3 Å². The van der Waals surface area contributed by atoms with Gasteiger partial charge in [-0.25, -0.2) is 0 Å². The van der Waals surface area contributed by atoms with Crippen LogP contribution >= 0.6 is 11.8 Å². The molecule has 2 heteroatoms. The van der Waals surface area contributed by atoms with Crippen molar-refractivity contribution in [3.05, 3.63) is 11.0 Å². The van der Waals surface area contributed by atoms with Crippen molar-refractivity contribution in [3.63, 3.8) is 0 Å². The van der Waals surface area contributed by atoms with Gasteiger partial charge in [-0.05, 0) is 97.0 Å². The Morgan fingerprint density at radius 2 is 1.73 bits per heavy atom. The Balaban J connectivity index is 1.50. The van der Waals surface area contributed by atoms with Crippen molar-refractivity contribution in [1.82, 2.24) is 0 Å². The van der Waals surface area contributed by atoms with E-state index in [2.05, 4.69) is 47.0 Å². The molecule has 4 aliphatic rings. The van der Waals surface area contributed by atoms with Crippen LogP contribution in [0.1, 0.15) is 98.8 Å². The summed E-state index contributed by atoms with van der Waals surface area (Å²) in [5.41, 5.74) is 0.780. The predicted molar refractivity (Wildman–Crippen MR) is 130 cm³/mol. The number of Topliss-reactive ketones (excluding diaryl/α,β-unsaturated/α-hetero) is 1. The van der Waals surface area contributed by atoms with Crippen molar-refractivity contribution in [3.8, 4) is 0 Å². The molecule has 0 aromatic heterocycles. The molecule has 30 heavy (non-hydrogen) atoms. The summed E-state index contributed by atoms with van der Waals surface area (Å²) in [6, 6.07) is 0. The first-order valence-electron chi connectivity index (χ1n) is 13.0. The van der Waals surface area contributed by atoms with Crippen LogP contribution < -0.4 is 0 Å². The van der Waals surface area contributed by atoms with Crippen LogP contribution in [0.3, 0.4) is 0 Å². The number of hydrogen-bond acceptors (Lipinski definition) is 2. The number of hydrogen-bond donors (Lipinski definition) is 0. The Kier molecular flexibility index (Phi) is 6.58. The van der Waals surface area contributed by atoms with Gasteiger partial charge in [0.1, 0.15) is 0 Å². The molecule has 0 bridgehead atoms. The van der Waals surface area contributed by atoms with Gasteiger partial charge in [0, 0.05) is 11.3 Å². The lowest BCUT2D eigenvalue weighted by atomic mass is 9.45. The highest BCUT2D eigenvalue weighted by atomic mass is 32.2. The van der Waals surface area contributed by atoms with Crippen LogP contribution in [0.15, 0.2) is 11.0 Å². The summed E-state index contributed by atoms with van der Waals surface area (Å²) in [6.45, 7) is 12.5. The van der Waals surface area contributed by atoms with Crippen LogP contribution in [-0.4, -0.2) is 12.0 Å². The fraction of sp³-hybridized carbons (Fsp3) is 0.893. The van der Waals surface area contributed by atoms with Crippen LogP contribution in [0.5, 0.6) is 0 Å². The van der Waals surface area contributed by atoms with Crippen molar-refractivity contribution in [2.75, 3.05) is 6.26 Å². The first-order chi connectivity index (χ1) is 14.2. The molecule has 170 valence electrons. The first-order valence-corrected chi connectivity index (χ1v) is 14.2. The maximum atomic E-state index is 12.9. The average Bonchev–Trinajstić information content (AvgIpc) is 3.04. The quantitative estimate of drug-likeness (QED) is 0.423. The maximum Gasteiger partial charge on any atom is 0.169 e. The summed E-state index contributed by atoms with van der Waals surface area (Å²) in [7, 11) is 0. The zero-order chi connectivity index (χ0) is 21.7. The van der Waals surface area contributed by atoms with Crippen LogP contribution in [0.4, 0.5) is 0 Å². The lowest BCUT2D eigenvalue weighted by molar-refractivity contribution is -0.129. The Morgan fingerprint density at radius 1 is 1.00 bits per heavy atom. The topological polar surface area (TPSA) is 17.1 Å². The minimum absolute atomic E-state index is 0.224. The molecule has 0 aromatic carbocycles. The number of carbonyl (C=O) groups is 1. The van der Waals surface area contributed by atoms with E-state index in [0.717, 1.165) is 46.8 Å². The van der Waals surface area contributed by atoms with Crippen LogP contribution in [0.2, 0.25) is 0 Å². The van der Waals surface area contributed by atoms with Crippen molar-refractivity contribution < 1.29 is 4.79 Å². The third kappa shape index (κ3) is 3.75. The van der Waals surface area contributed by atoms with Gasteiger partial charge >= 0.3 is 0 Å². The van der Waals surface area contributed by atoms with Gasteiger partial charge in [0.15, 0.2) is 5.78 Å². The fourth-order valence-electron chi connectivity index (χ4n) is 8.94. The summed E-state index contributed by atoms with van der Waals surface area (Å²) >= 11 is 1.68. The molecular formula is C28H46OS. The van der Waals surface area contributed by atoms with Gasteiger partial charge in [0.05, 0.1) is 0 Å². The van der Waals surface area contributed by atoms with Gasteiger partial charge in [-0.15, -0.1) is 11.8 Å². The summed E-state index contributed by atoms with van der Waals surface area (Å²) in [4.78, 5) is 13.9. The minimum atomic E-state index is 0.224. The molecule has 0 aliphatic heterocycles. The molecule has 3 fully saturated rings. The second-order valence-corrected chi connectivity index (χ2v) is 13.3. The van der Waals surface area contributed by atoms with Crippen LogP contribution in [0.25, 0.3) is 0 Å². The van der Waals surface area contributed by atoms with Crippen molar-refractivity contribution in [2.24, 2.45) is 52.3 Å². The van der Waals surface area contributed by atoms with E-state index in [1.807, 2.05) is 0 Å². The second-order valence-electron chi connectivity index (χ2n) is 12.4. The number of allylic oxidation sites excluding steroid dienone is 2. The van der Waals surface area contributed by atoms with Crippen molar-refractivity contribution in [1.29, 1.82) is 0 Å². The molecule has 8 atom stereocenters. The van der Waals surface area contributed by atoms with Crippen molar-refractivity contribution >= 4 is 17.5 Å². The SMILES string of the molecule is CSC1=C[C@@H]2CC[C@@H]3[C@H](CC[C@]4(C)[C@@H]([C@H](C)CCCC(C)C)CC[C@@H]34)[C@@]2(C)CC1=O. The fourth-order valence-corrected chi connectivity index (χ4v) is 9.54. The van der Waals surface area contributed by atoms with Gasteiger partial charge in [0.25, 0.3) is 0 Å². The number of thioether (sulfide) groups is 1. The molecule has 0 aromatic rings. The van der Waals surface area contributed by atoms with Gasteiger partial charge in [-0.2, -0.15) is 0 Å². The molecule has 4 rings (SSSR count). The Bertz CT molecular complexity index is 680. The average molecular weight is 431 g/mol. The predicted octanol–water partition coefficient (Wildman–Crippen LogP) is 8.14. The zero-order valence-electron chi connectivity index (χ0n) is 20.5. The molecule has 0 unspecified atom stereocenters. The largest absolute Gasteiger partial charge is 0.294 e. The highest BCUT2D eigenvalue weighted by molar-refractivity contribution is 8.03. The zero-order valence-corrected chi connectivity index (χ0v) is 21.3. The number of rotatable bonds is 6. The lowest BCUT2D eigenvalue weighted by Crippen LogP contribution is -2.53. The van der Waals surface area contributed by atoms with E-state index in [1.165, 1.54) is 57.8 Å². The first kappa shape index (κ1) is 22.9. The monoisotopic (exact) mass is 430 g/mol. The summed E-state index contributed by atoms with van der Waals surface area (Å²) in [5, 5.41) is 0. The van der Waals surface area contributed by atoms with Gasteiger partial charge < -0.3 is 0 Å². The maximum absolute atomic E-state index is 12.9. The van der Waals surface area contributed by atoms with Crippen LogP contribution in [-0.2, 0) is 4.79 Å². The van der Waals surface area contributed by atoms with E-state index in [9.17, 15) is 4.79 Å². The molecule has 4 aliphatic carbocycles. The third-order valence-electron chi connectivity index (χ3n) is 10.5. The second kappa shape index (κ2) is 8.60. The minimum Gasteiger partial charge on any atom is -0.294 e. The highest BCUT2D eigenvalue weighted by Gasteiger charge is 2.60. The number of carbonyl (C=O) groups excluding carboxylic acids is 1. The summed E-state index contributed by atoms with van der Waals surface area (Å²) < 4.78 is 0. The molecule has 1 nitrogen and oxygen atoms in total.